The summed E-state index contributed by atoms with van der Waals surface area (Å²) in [7, 11) is 0. The second-order valence-corrected chi connectivity index (χ2v) is 6.51. The van der Waals surface area contributed by atoms with E-state index >= 15 is 0 Å². The molecule has 0 aliphatic rings. The van der Waals surface area contributed by atoms with Crippen molar-refractivity contribution < 1.29 is 9.53 Å². The van der Waals surface area contributed by atoms with Gasteiger partial charge in [-0.25, -0.2) is 0 Å². The molecule has 0 atom stereocenters. The van der Waals surface area contributed by atoms with Crippen LogP contribution in [-0.4, -0.2) is 12.5 Å². The summed E-state index contributed by atoms with van der Waals surface area (Å²) in [4.78, 5) is 12.4. The summed E-state index contributed by atoms with van der Waals surface area (Å²) >= 11 is 2.14. The molecule has 2 aromatic rings. The van der Waals surface area contributed by atoms with Crippen LogP contribution in [0, 0.1) is 14.9 Å². The summed E-state index contributed by atoms with van der Waals surface area (Å²) in [5.41, 5.74) is 1.43. The van der Waals surface area contributed by atoms with Gasteiger partial charge in [0.05, 0.1) is 12.3 Å². The Morgan fingerprint density at radius 1 is 1.24 bits per heavy atom. The van der Waals surface area contributed by atoms with Gasteiger partial charge in [-0.1, -0.05) is 43.7 Å². The summed E-state index contributed by atoms with van der Waals surface area (Å²) in [6, 6.07) is 16.8. The minimum Gasteiger partial charge on any atom is -0.493 e. The van der Waals surface area contributed by atoms with E-state index in [9.17, 15) is 10.1 Å². The Kier molecular flexibility index (Phi) is 7.48. The molecule has 0 fully saturated rings. The Balaban J connectivity index is 2.21. The molecular weight excluding hydrogens is 427 g/mol. The molecule has 25 heavy (non-hydrogen) atoms. The van der Waals surface area contributed by atoms with Crippen LogP contribution in [0.1, 0.15) is 25.3 Å². The number of rotatable bonds is 7. The zero-order valence-corrected chi connectivity index (χ0v) is 16.1. The third-order valence-electron chi connectivity index (χ3n) is 3.46. The number of amides is 1. The smallest absolute Gasteiger partial charge is 0.266 e. The third-order valence-corrected chi connectivity index (χ3v) is 4.40. The average Bonchev–Trinajstić information content (AvgIpc) is 2.63. The van der Waals surface area contributed by atoms with Crippen molar-refractivity contribution in [1.29, 1.82) is 5.26 Å². The maximum absolute atomic E-state index is 12.4. The van der Waals surface area contributed by atoms with Crippen LogP contribution in [0.5, 0.6) is 5.75 Å². The van der Waals surface area contributed by atoms with Gasteiger partial charge in [-0.3, -0.25) is 4.79 Å². The lowest BCUT2D eigenvalue weighted by molar-refractivity contribution is -0.112. The highest BCUT2D eigenvalue weighted by molar-refractivity contribution is 14.1. The number of halogens is 1. The SMILES string of the molecule is CCCCOc1ccccc1C=C(C#N)C(=O)Nc1ccccc1I. The number of hydrogen-bond acceptors (Lipinski definition) is 3. The van der Waals surface area contributed by atoms with E-state index in [-0.39, 0.29) is 5.57 Å². The molecule has 1 amide bonds. The van der Waals surface area contributed by atoms with Gasteiger partial charge in [-0.15, -0.1) is 0 Å². The van der Waals surface area contributed by atoms with Crippen molar-refractivity contribution in [3.8, 4) is 11.8 Å². The predicted molar refractivity (Wildman–Crippen MR) is 108 cm³/mol. The highest BCUT2D eigenvalue weighted by Gasteiger charge is 2.12. The highest BCUT2D eigenvalue weighted by Crippen LogP contribution is 2.22. The van der Waals surface area contributed by atoms with Gasteiger partial charge in [-0.05, 0) is 53.3 Å². The Bertz CT molecular complexity index is 809. The van der Waals surface area contributed by atoms with E-state index in [0.29, 0.717) is 23.6 Å². The molecule has 0 aliphatic heterocycles. The number of nitrogens with one attached hydrogen (secondary N) is 1. The number of nitrogens with zero attached hydrogens (tertiary/aromatic N) is 1. The summed E-state index contributed by atoms with van der Waals surface area (Å²) < 4.78 is 6.66. The zero-order valence-electron chi connectivity index (χ0n) is 14.0. The molecule has 128 valence electrons. The summed E-state index contributed by atoms with van der Waals surface area (Å²) in [6.45, 7) is 2.70. The number of para-hydroxylation sites is 2. The second kappa shape index (κ2) is 9.84. The topological polar surface area (TPSA) is 62.1 Å². The van der Waals surface area contributed by atoms with Crippen LogP contribution in [0.3, 0.4) is 0 Å². The van der Waals surface area contributed by atoms with Crippen molar-refractivity contribution in [3.63, 3.8) is 0 Å². The molecule has 0 bridgehead atoms. The quantitative estimate of drug-likeness (QED) is 0.281. The van der Waals surface area contributed by atoms with Gasteiger partial charge in [0.1, 0.15) is 17.4 Å². The predicted octanol–water partition coefficient (Wildman–Crippen LogP) is 5.02. The number of ether oxygens (including phenoxy) is 1. The monoisotopic (exact) mass is 446 g/mol. The van der Waals surface area contributed by atoms with E-state index in [2.05, 4.69) is 34.8 Å². The third kappa shape index (κ3) is 5.61. The van der Waals surface area contributed by atoms with Crippen LogP contribution < -0.4 is 10.1 Å². The molecule has 4 nitrogen and oxygen atoms in total. The maximum atomic E-state index is 12.4. The van der Waals surface area contributed by atoms with E-state index in [0.717, 1.165) is 16.4 Å². The molecule has 0 heterocycles. The molecule has 5 heteroatoms. The van der Waals surface area contributed by atoms with E-state index in [1.54, 1.807) is 12.1 Å². The molecule has 2 rings (SSSR count). The van der Waals surface area contributed by atoms with Gasteiger partial charge in [0.25, 0.3) is 5.91 Å². The molecule has 0 unspecified atom stereocenters. The van der Waals surface area contributed by atoms with Crippen molar-refractivity contribution in [2.75, 3.05) is 11.9 Å². The van der Waals surface area contributed by atoms with Crippen LogP contribution in [0.15, 0.2) is 54.1 Å². The maximum Gasteiger partial charge on any atom is 0.266 e. The Labute approximate surface area is 161 Å². The number of carbonyl (C=O) groups excluding carboxylic acids is 1. The van der Waals surface area contributed by atoms with Gasteiger partial charge in [0, 0.05) is 9.13 Å². The van der Waals surface area contributed by atoms with Crippen molar-refractivity contribution in [1.82, 2.24) is 0 Å². The first-order valence-electron chi connectivity index (χ1n) is 8.05. The van der Waals surface area contributed by atoms with Gasteiger partial charge >= 0.3 is 0 Å². The van der Waals surface area contributed by atoms with E-state index < -0.39 is 5.91 Å². The summed E-state index contributed by atoms with van der Waals surface area (Å²) in [5.74, 6) is 0.237. The Morgan fingerprint density at radius 3 is 2.68 bits per heavy atom. The minimum absolute atomic E-state index is 0.0335. The van der Waals surface area contributed by atoms with Crippen LogP contribution in [0.4, 0.5) is 5.69 Å². The first kappa shape index (κ1) is 19.0. The average molecular weight is 446 g/mol. The number of carbonyl (C=O) groups is 1. The highest BCUT2D eigenvalue weighted by atomic mass is 127. The van der Waals surface area contributed by atoms with E-state index in [4.69, 9.17) is 4.74 Å². The molecule has 0 radical (unpaired) electrons. The molecule has 0 saturated heterocycles. The van der Waals surface area contributed by atoms with Gasteiger partial charge < -0.3 is 10.1 Å². The molecule has 2 aromatic carbocycles. The van der Waals surface area contributed by atoms with Crippen LogP contribution in [0.2, 0.25) is 0 Å². The molecule has 0 aromatic heterocycles. The van der Waals surface area contributed by atoms with E-state index in [1.165, 1.54) is 0 Å². The van der Waals surface area contributed by atoms with Crippen molar-refractivity contribution >= 4 is 40.3 Å². The fourth-order valence-corrected chi connectivity index (χ4v) is 2.64. The normalized spacial score (nSPS) is 10.8. The fourth-order valence-electron chi connectivity index (χ4n) is 2.11. The van der Waals surface area contributed by atoms with Crippen molar-refractivity contribution in [3.05, 3.63) is 63.2 Å². The second-order valence-electron chi connectivity index (χ2n) is 5.34. The van der Waals surface area contributed by atoms with Gasteiger partial charge in [-0.2, -0.15) is 5.26 Å². The zero-order chi connectivity index (χ0) is 18.1. The van der Waals surface area contributed by atoms with Crippen LogP contribution in [-0.2, 0) is 4.79 Å². The lowest BCUT2D eigenvalue weighted by Crippen LogP contribution is -2.14. The molecule has 0 aliphatic carbocycles. The molecule has 1 N–H and O–H groups in total. The standard InChI is InChI=1S/C20H19IN2O2/c1-2-3-12-25-19-11-7-4-8-15(19)13-16(14-22)20(24)23-18-10-6-5-9-17(18)21/h4-11,13H,2-3,12H2,1H3,(H,23,24). The number of unbranched alkanes of at least 4 members (excludes halogenated alkanes) is 1. The van der Waals surface area contributed by atoms with Crippen LogP contribution in [0.25, 0.3) is 6.08 Å². The van der Waals surface area contributed by atoms with Gasteiger partial charge in [0.15, 0.2) is 0 Å². The summed E-state index contributed by atoms with van der Waals surface area (Å²) in [6.07, 6.45) is 3.56. The number of nitriles is 1. The van der Waals surface area contributed by atoms with Crippen LogP contribution >= 0.6 is 22.6 Å². The van der Waals surface area contributed by atoms with Gasteiger partial charge in [0.2, 0.25) is 0 Å². The number of hydrogen-bond donors (Lipinski definition) is 1. The van der Waals surface area contributed by atoms with Crippen molar-refractivity contribution in [2.45, 2.75) is 19.8 Å². The molecule has 0 saturated carbocycles. The number of benzene rings is 2. The fraction of sp³-hybridized carbons (Fsp3) is 0.200. The van der Waals surface area contributed by atoms with E-state index in [1.807, 2.05) is 48.5 Å². The summed E-state index contributed by atoms with van der Waals surface area (Å²) in [5, 5.41) is 12.2. The first-order valence-corrected chi connectivity index (χ1v) is 9.13. The number of anilines is 1. The Morgan fingerprint density at radius 2 is 1.96 bits per heavy atom. The molecule has 0 spiro atoms. The lowest BCUT2D eigenvalue weighted by atomic mass is 10.1. The largest absolute Gasteiger partial charge is 0.493 e. The Hall–Kier alpha value is -2.33. The first-order chi connectivity index (χ1) is 12.2. The minimum atomic E-state index is -0.435. The van der Waals surface area contributed by atoms with Crippen molar-refractivity contribution in [2.24, 2.45) is 0 Å². The molecular formula is C20H19IN2O2. The lowest BCUT2D eigenvalue weighted by Gasteiger charge is -2.09.